The highest BCUT2D eigenvalue weighted by atomic mass is 32.1. The summed E-state index contributed by atoms with van der Waals surface area (Å²) in [5.74, 6) is 1.31. The zero-order valence-corrected chi connectivity index (χ0v) is 16.7. The Morgan fingerprint density at radius 2 is 1.93 bits per heavy atom. The molecule has 142 valence electrons. The molecule has 1 N–H and O–H groups in total. The van der Waals surface area contributed by atoms with Crippen molar-refractivity contribution in [2.75, 3.05) is 12.4 Å². The van der Waals surface area contributed by atoms with Crippen molar-refractivity contribution in [3.63, 3.8) is 0 Å². The third kappa shape index (κ3) is 4.87. The molecular formula is C21H20N4O2S. The molecule has 0 fully saturated rings. The van der Waals surface area contributed by atoms with Crippen LogP contribution in [-0.4, -0.2) is 23.0 Å². The molecule has 2 aromatic carbocycles. The minimum atomic E-state index is -0.200. The van der Waals surface area contributed by atoms with Crippen LogP contribution in [-0.2, 0) is 6.54 Å². The molecule has 7 heteroatoms. The number of amides is 2. The van der Waals surface area contributed by atoms with Crippen molar-refractivity contribution in [1.82, 2.24) is 9.88 Å². The van der Waals surface area contributed by atoms with Gasteiger partial charge in [0.1, 0.15) is 11.5 Å². The summed E-state index contributed by atoms with van der Waals surface area (Å²) in [6.07, 6.45) is 0. The van der Waals surface area contributed by atoms with Gasteiger partial charge in [0.25, 0.3) is 0 Å². The van der Waals surface area contributed by atoms with E-state index in [0.29, 0.717) is 23.6 Å². The molecule has 0 spiro atoms. The highest BCUT2D eigenvalue weighted by Gasteiger charge is 2.12. The minimum Gasteiger partial charge on any atom is -0.457 e. The van der Waals surface area contributed by atoms with Crippen LogP contribution in [0, 0.1) is 25.2 Å². The van der Waals surface area contributed by atoms with E-state index in [-0.39, 0.29) is 6.03 Å². The molecule has 0 aliphatic carbocycles. The molecule has 3 rings (SSSR count). The maximum atomic E-state index is 12.4. The molecule has 28 heavy (non-hydrogen) atoms. The van der Waals surface area contributed by atoms with Gasteiger partial charge in [0.05, 0.1) is 28.9 Å². The van der Waals surface area contributed by atoms with E-state index in [1.807, 2.05) is 31.4 Å². The van der Waals surface area contributed by atoms with Crippen LogP contribution in [0.4, 0.5) is 10.5 Å². The van der Waals surface area contributed by atoms with Gasteiger partial charge in [0, 0.05) is 18.1 Å². The molecule has 0 saturated carbocycles. The number of nitrogens with one attached hydrogen (secondary N) is 1. The Hall–Kier alpha value is -3.37. The van der Waals surface area contributed by atoms with Gasteiger partial charge in [0.15, 0.2) is 0 Å². The third-order valence-corrected chi connectivity index (χ3v) is 4.89. The zero-order chi connectivity index (χ0) is 20.1. The summed E-state index contributed by atoms with van der Waals surface area (Å²) >= 11 is 1.57. The number of rotatable bonds is 5. The van der Waals surface area contributed by atoms with Crippen LogP contribution in [0.2, 0.25) is 0 Å². The summed E-state index contributed by atoms with van der Waals surface area (Å²) < 4.78 is 5.81. The Kier molecular flexibility index (Phi) is 5.92. The lowest BCUT2D eigenvalue weighted by Gasteiger charge is -2.18. The number of anilines is 1. The first-order valence-electron chi connectivity index (χ1n) is 8.66. The summed E-state index contributed by atoms with van der Waals surface area (Å²) in [5, 5.41) is 14.7. The maximum absolute atomic E-state index is 12.4. The van der Waals surface area contributed by atoms with Crippen molar-refractivity contribution in [3.8, 4) is 17.6 Å². The second kappa shape index (κ2) is 8.55. The molecule has 0 radical (unpaired) electrons. The normalized spacial score (nSPS) is 10.2. The van der Waals surface area contributed by atoms with Crippen molar-refractivity contribution < 1.29 is 9.53 Å². The predicted molar refractivity (Wildman–Crippen MR) is 110 cm³/mol. The Labute approximate surface area is 168 Å². The van der Waals surface area contributed by atoms with Gasteiger partial charge in [-0.3, -0.25) is 0 Å². The molecule has 0 atom stereocenters. The number of nitriles is 1. The van der Waals surface area contributed by atoms with Crippen LogP contribution in [0.15, 0.2) is 47.8 Å². The summed E-state index contributed by atoms with van der Waals surface area (Å²) in [6, 6.07) is 14.3. The highest BCUT2D eigenvalue weighted by Crippen LogP contribution is 2.26. The van der Waals surface area contributed by atoms with Gasteiger partial charge < -0.3 is 15.0 Å². The van der Waals surface area contributed by atoms with Crippen molar-refractivity contribution in [2.45, 2.75) is 20.4 Å². The minimum absolute atomic E-state index is 0.200. The first kappa shape index (κ1) is 19.4. The van der Waals surface area contributed by atoms with Crippen LogP contribution in [0.3, 0.4) is 0 Å². The predicted octanol–water partition coefficient (Wildman–Crippen LogP) is 5.09. The van der Waals surface area contributed by atoms with Crippen molar-refractivity contribution in [1.29, 1.82) is 5.26 Å². The van der Waals surface area contributed by atoms with Crippen LogP contribution >= 0.6 is 11.3 Å². The Balaban J connectivity index is 1.63. The number of nitrogens with zero attached hydrogens (tertiary/aromatic N) is 3. The zero-order valence-electron chi connectivity index (χ0n) is 15.9. The standard InChI is InChI=1S/C21H20N4O2S/c1-14-10-19(27-18-6-4-16(11-22)5-7-18)8-9-20(14)24-21(26)25(3)12-17-13-28-15(2)23-17/h4-10,13H,12H2,1-3H3,(H,24,26). The number of hydrogen-bond donors (Lipinski definition) is 1. The molecule has 1 aromatic heterocycles. The molecule has 0 unspecified atom stereocenters. The van der Waals surface area contributed by atoms with Crippen LogP contribution < -0.4 is 10.1 Å². The fraction of sp³-hybridized carbons (Fsp3) is 0.190. The lowest BCUT2D eigenvalue weighted by molar-refractivity contribution is 0.220. The van der Waals surface area contributed by atoms with E-state index in [2.05, 4.69) is 16.4 Å². The summed E-state index contributed by atoms with van der Waals surface area (Å²) in [4.78, 5) is 18.4. The van der Waals surface area contributed by atoms with Gasteiger partial charge in [-0.05, 0) is 61.9 Å². The van der Waals surface area contributed by atoms with Crippen molar-refractivity contribution in [3.05, 3.63) is 69.7 Å². The number of benzene rings is 2. The fourth-order valence-corrected chi connectivity index (χ4v) is 3.18. The average molecular weight is 392 g/mol. The number of carbonyl (C=O) groups excluding carboxylic acids is 1. The van der Waals surface area contributed by atoms with Gasteiger partial charge >= 0.3 is 6.03 Å². The molecule has 3 aromatic rings. The molecule has 0 aliphatic rings. The number of ether oxygens (including phenoxy) is 1. The molecule has 0 bridgehead atoms. The van der Waals surface area contributed by atoms with Crippen LogP contribution in [0.5, 0.6) is 11.5 Å². The van der Waals surface area contributed by atoms with Gasteiger partial charge in [-0.2, -0.15) is 5.26 Å². The summed E-state index contributed by atoms with van der Waals surface area (Å²) in [7, 11) is 1.74. The second-order valence-electron chi connectivity index (χ2n) is 6.36. The maximum Gasteiger partial charge on any atom is 0.321 e. The molecular weight excluding hydrogens is 372 g/mol. The van der Waals surface area contributed by atoms with E-state index in [1.165, 1.54) is 0 Å². The van der Waals surface area contributed by atoms with E-state index < -0.39 is 0 Å². The quantitative estimate of drug-likeness (QED) is 0.656. The van der Waals surface area contributed by atoms with Crippen molar-refractivity contribution >= 4 is 23.1 Å². The topological polar surface area (TPSA) is 78.2 Å². The van der Waals surface area contributed by atoms with E-state index in [9.17, 15) is 4.79 Å². The molecule has 6 nitrogen and oxygen atoms in total. The van der Waals surface area contributed by atoms with E-state index >= 15 is 0 Å². The number of aromatic nitrogens is 1. The molecule has 1 heterocycles. The van der Waals surface area contributed by atoms with E-state index in [1.54, 1.807) is 53.6 Å². The summed E-state index contributed by atoms with van der Waals surface area (Å²) in [5.41, 5.74) is 3.07. The van der Waals surface area contributed by atoms with Gasteiger partial charge in [-0.1, -0.05) is 0 Å². The Bertz CT molecular complexity index is 1020. The van der Waals surface area contributed by atoms with E-state index in [0.717, 1.165) is 22.0 Å². The smallest absolute Gasteiger partial charge is 0.321 e. The number of carbonyl (C=O) groups is 1. The number of thiazole rings is 1. The average Bonchev–Trinajstić information content (AvgIpc) is 3.09. The first-order valence-corrected chi connectivity index (χ1v) is 9.54. The van der Waals surface area contributed by atoms with Crippen LogP contribution in [0.1, 0.15) is 21.8 Å². The van der Waals surface area contributed by atoms with Crippen LogP contribution in [0.25, 0.3) is 0 Å². The van der Waals surface area contributed by atoms with Gasteiger partial charge in [-0.15, -0.1) is 11.3 Å². The summed E-state index contributed by atoms with van der Waals surface area (Å²) in [6.45, 7) is 4.30. The lowest BCUT2D eigenvalue weighted by atomic mass is 10.2. The Morgan fingerprint density at radius 1 is 1.21 bits per heavy atom. The molecule has 2 amide bonds. The SMILES string of the molecule is Cc1nc(CN(C)C(=O)Nc2ccc(Oc3ccc(C#N)cc3)cc2C)cs1. The van der Waals surface area contributed by atoms with E-state index in [4.69, 9.17) is 10.00 Å². The monoisotopic (exact) mass is 392 g/mol. The van der Waals surface area contributed by atoms with Gasteiger partial charge in [-0.25, -0.2) is 9.78 Å². The number of aryl methyl sites for hydroxylation is 2. The molecule has 0 aliphatic heterocycles. The largest absolute Gasteiger partial charge is 0.457 e. The highest BCUT2D eigenvalue weighted by molar-refractivity contribution is 7.09. The van der Waals surface area contributed by atoms with Crippen molar-refractivity contribution in [2.24, 2.45) is 0 Å². The molecule has 0 saturated heterocycles. The number of urea groups is 1. The first-order chi connectivity index (χ1) is 13.4. The second-order valence-corrected chi connectivity index (χ2v) is 7.42. The third-order valence-electron chi connectivity index (χ3n) is 4.07. The lowest BCUT2D eigenvalue weighted by Crippen LogP contribution is -2.31. The fourth-order valence-electron chi connectivity index (χ4n) is 2.58. The number of hydrogen-bond acceptors (Lipinski definition) is 5. The Morgan fingerprint density at radius 3 is 2.54 bits per heavy atom. The van der Waals surface area contributed by atoms with Gasteiger partial charge in [0.2, 0.25) is 0 Å².